The van der Waals surface area contributed by atoms with Gasteiger partial charge >= 0.3 is 254 Å². The van der Waals surface area contributed by atoms with Crippen LogP contribution in [0.1, 0.15) is 57.2 Å². The molecule has 1 N–H and O–H groups in total. The van der Waals surface area contributed by atoms with Crippen LogP contribution in [-0.4, -0.2) is 61.1 Å². The van der Waals surface area contributed by atoms with Crippen molar-refractivity contribution in [3.05, 3.63) is 108 Å². The molecule has 2 aliphatic heterocycles. The quantitative estimate of drug-likeness (QED) is 0.109. The van der Waals surface area contributed by atoms with E-state index in [-0.39, 0.29) is 29.6 Å². The molecule has 2 aliphatic rings. The van der Waals surface area contributed by atoms with Gasteiger partial charge in [0.2, 0.25) is 0 Å². The summed E-state index contributed by atoms with van der Waals surface area (Å²) < 4.78 is 21.7. The molecule has 0 aromatic heterocycles. The first-order valence-corrected chi connectivity index (χ1v) is 16.1. The van der Waals surface area contributed by atoms with Gasteiger partial charge in [-0.15, -0.1) is 0 Å². The van der Waals surface area contributed by atoms with Gasteiger partial charge < -0.3 is 0 Å². The summed E-state index contributed by atoms with van der Waals surface area (Å²) in [6, 6.07) is 34.6. The molecule has 0 radical (unpaired) electrons. The normalized spacial score (nSPS) is 19.6. The second-order valence-electron chi connectivity index (χ2n) is 11.6. The molecule has 1 saturated heterocycles. The molecule has 1 unspecified atom stereocenters. The predicted molar refractivity (Wildman–Crippen MR) is 171 cm³/mol. The van der Waals surface area contributed by atoms with Gasteiger partial charge in [-0.05, 0) is 0 Å². The van der Waals surface area contributed by atoms with E-state index >= 15 is 0 Å². The molecule has 3 atom stereocenters. The fourth-order valence-corrected chi connectivity index (χ4v) is 7.65. The van der Waals surface area contributed by atoms with Crippen molar-refractivity contribution in [1.82, 2.24) is 9.99 Å². The first-order chi connectivity index (χ1) is 20.4. The number of nitriles is 1. The van der Waals surface area contributed by atoms with Gasteiger partial charge in [0.15, 0.2) is 0 Å². The SMILES string of the molecule is CC(C)N(C(C)C)P(OCCC#N)OC[C@H]1OC2(B=B2)C[C@H]1NC(c1ccccc1)(c1ccccc1)c1ccccc1. The molecule has 5 rings (SSSR count). The number of rotatable bonds is 14. The topological polar surface area (TPSA) is 66.8 Å². The van der Waals surface area contributed by atoms with Crippen LogP contribution >= 0.6 is 8.53 Å². The van der Waals surface area contributed by atoms with Gasteiger partial charge in [0, 0.05) is 0 Å². The van der Waals surface area contributed by atoms with E-state index in [4.69, 9.17) is 19.0 Å². The van der Waals surface area contributed by atoms with Gasteiger partial charge in [-0.25, -0.2) is 0 Å². The molecule has 216 valence electrons. The minimum absolute atomic E-state index is 0.0110. The van der Waals surface area contributed by atoms with Gasteiger partial charge in [0.05, 0.1) is 0 Å². The summed E-state index contributed by atoms with van der Waals surface area (Å²) in [7, 11) is -1.37. The summed E-state index contributed by atoms with van der Waals surface area (Å²) in [6.45, 7) is 13.6. The van der Waals surface area contributed by atoms with Crippen molar-refractivity contribution in [3.8, 4) is 6.07 Å². The Bertz CT molecular complexity index is 1240. The molecule has 0 bridgehead atoms. The maximum atomic E-state index is 9.12. The molecule has 6 nitrogen and oxygen atoms in total. The van der Waals surface area contributed by atoms with Crippen molar-refractivity contribution < 1.29 is 13.8 Å². The van der Waals surface area contributed by atoms with E-state index in [1.807, 2.05) is 0 Å². The third-order valence-corrected chi connectivity index (χ3v) is 10.0. The van der Waals surface area contributed by atoms with E-state index in [1.54, 1.807) is 0 Å². The van der Waals surface area contributed by atoms with Crippen molar-refractivity contribution >= 4 is 22.1 Å². The number of hydrogen-bond acceptors (Lipinski definition) is 6. The Morgan fingerprint density at radius 1 is 0.905 bits per heavy atom. The van der Waals surface area contributed by atoms with E-state index < -0.39 is 14.1 Å². The van der Waals surface area contributed by atoms with Gasteiger partial charge in [-0.1, -0.05) is 0 Å². The Morgan fingerprint density at radius 2 is 1.40 bits per heavy atom. The fraction of sp³-hybridized carbons (Fsp3) is 0.424. The average Bonchev–Trinajstić information content (AvgIpc) is 3.67. The summed E-state index contributed by atoms with van der Waals surface area (Å²) in [5, 5.41) is 12.9. The Balaban J connectivity index is 1.48. The van der Waals surface area contributed by atoms with Crippen molar-refractivity contribution in [3.63, 3.8) is 0 Å². The predicted octanol–water partition coefficient (Wildman–Crippen LogP) is 6.01. The number of hydrogen-bond donors (Lipinski definition) is 1. The van der Waals surface area contributed by atoms with Crippen molar-refractivity contribution in [1.29, 1.82) is 5.26 Å². The van der Waals surface area contributed by atoms with Crippen LogP contribution in [0.15, 0.2) is 91.0 Å². The van der Waals surface area contributed by atoms with Crippen LogP contribution in [0.25, 0.3) is 0 Å². The third-order valence-electron chi connectivity index (χ3n) is 7.93. The monoisotopic (exact) mass is 579 g/mol. The van der Waals surface area contributed by atoms with Crippen molar-refractivity contribution in [2.75, 3.05) is 13.2 Å². The Morgan fingerprint density at radius 3 is 1.83 bits per heavy atom. The zero-order valence-corrected chi connectivity index (χ0v) is 25.9. The van der Waals surface area contributed by atoms with E-state index in [1.165, 1.54) is 16.7 Å². The number of benzene rings is 3. The first-order valence-electron chi connectivity index (χ1n) is 14.9. The minimum atomic E-state index is -1.37. The van der Waals surface area contributed by atoms with Crippen LogP contribution in [0, 0.1) is 11.3 Å². The molecule has 0 aliphatic carbocycles. The Labute approximate surface area is 253 Å². The summed E-state index contributed by atoms with van der Waals surface area (Å²) in [6.07, 6.45) is 0.943. The van der Waals surface area contributed by atoms with Gasteiger partial charge in [0.1, 0.15) is 0 Å². The Kier molecular flexibility index (Phi) is 10.2. The van der Waals surface area contributed by atoms with Crippen LogP contribution in [0.5, 0.6) is 0 Å². The van der Waals surface area contributed by atoms with E-state index in [2.05, 4.69) is 148 Å². The summed E-state index contributed by atoms with van der Waals surface area (Å²) in [5.74, 6) is 0. The number of nitrogens with one attached hydrogen (secondary N) is 1. The molecule has 42 heavy (non-hydrogen) atoms. The van der Waals surface area contributed by atoms with Crippen LogP contribution in [0.4, 0.5) is 0 Å². The molecule has 3 aromatic rings. The van der Waals surface area contributed by atoms with Crippen LogP contribution in [0.2, 0.25) is 0 Å². The zero-order chi connectivity index (χ0) is 29.6. The Hall–Kier alpha value is -2.49. The molecule has 9 heteroatoms. The molecule has 0 saturated carbocycles. The van der Waals surface area contributed by atoms with Crippen LogP contribution < -0.4 is 5.32 Å². The summed E-state index contributed by atoms with van der Waals surface area (Å²) in [5.41, 5.74) is 2.89. The molecular formula is C33H40B2N3O3P. The zero-order valence-electron chi connectivity index (χ0n) is 25.0. The average molecular weight is 579 g/mol. The molecule has 2 heterocycles. The first kappa shape index (κ1) is 31.0. The third kappa shape index (κ3) is 6.84. The molecule has 1 spiro atoms. The maximum absolute atomic E-state index is 9.12. The summed E-state index contributed by atoms with van der Waals surface area (Å²) >= 11 is 0. The molecule has 3 aromatic carbocycles. The van der Waals surface area contributed by atoms with Gasteiger partial charge in [-0.2, -0.15) is 0 Å². The van der Waals surface area contributed by atoms with Gasteiger partial charge in [0.25, 0.3) is 0 Å². The fourth-order valence-electron chi connectivity index (χ4n) is 6.03. The number of ether oxygens (including phenoxy) is 1. The second kappa shape index (κ2) is 13.9. The second-order valence-corrected chi connectivity index (χ2v) is 13.0. The van der Waals surface area contributed by atoms with Gasteiger partial charge in [-0.3, -0.25) is 0 Å². The summed E-state index contributed by atoms with van der Waals surface area (Å²) in [4.78, 5) is 0. The number of nitrogens with zero attached hydrogens (tertiary/aromatic N) is 2. The van der Waals surface area contributed by atoms with Crippen molar-refractivity contribution in [2.24, 2.45) is 0 Å². The van der Waals surface area contributed by atoms with E-state index in [0.29, 0.717) is 19.6 Å². The molecule has 0 amide bonds. The van der Waals surface area contributed by atoms with E-state index in [9.17, 15) is 0 Å². The molecular weight excluding hydrogens is 539 g/mol. The van der Waals surface area contributed by atoms with Crippen molar-refractivity contribution in [2.45, 2.75) is 75.7 Å². The standard InChI is InChI=1S/C33H40B2N3O3P/c1-25(2)38(26(3)4)42(39-22-14-21-36)40-24-31-30(23-32(41-31)34-35-32)37-33(27-15-8-5-9-16-27,28-17-10-6-11-18-28)29-19-12-7-13-20-29/h5-13,15-20,25-26,30-31,37H,14,22-24H2,1-4H3/t30-,31-,42?/m1/s1. The van der Waals surface area contributed by atoms with Crippen LogP contribution in [-0.2, 0) is 19.3 Å². The van der Waals surface area contributed by atoms with Crippen LogP contribution in [0.3, 0.4) is 0 Å². The molecule has 1 fully saturated rings. The van der Waals surface area contributed by atoms with E-state index in [0.717, 1.165) is 6.42 Å².